The number of likely N-dealkylation sites (tertiary alicyclic amines) is 1. The number of hydrogen-bond donors (Lipinski definition) is 1. The van der Waals surface area contributed by atoms with Crippen molar-refractivity contribution < 1.29 is 4.74 Å². The Hall–Kier alpha value is -1.17. The third-order valence-electron chi connectivity index (χ3n) is 4.77. The van der Waals surface area contributed by atoms with E-state index in [2.05, 4.69) is 35.9 Å². The monoisotopic (exact) mass is 348 g/mol. The van der Waals surface area contributed by atoms with E-state index in [-0.39, 0.29) is 4.87 Å². The summed E-state index contributed by atoms with van der Waals surface area (Å²) < 4.78 is 6.94. The van der Waals surface area contributed by atoms with Gasteiger partial charge in [-0.2, -0.15) is 0 Å². The van der Waals surface area contributed by atoms with Crippen LogP contribution in [0, 0.1) is 5.92 Å². The molecule has 132 valence electrons. The zero-order valence-corrected chi connectivity index (χ0v) is 15.5. The minimum Gasteiger partial charge on any atom is -0.378 e. The summed E-state index contributed by atoms with van der Waals surface area (Å²) in [7, 11) is 0. The molecule has 0 radical (unpaired) electrons. The van der Waals surface area contributed by atoms with E-state index in [0.29, 0.717) is 12.0 Å². The van der Waals surface area contributed by atoms with Crippen molar-refractivity contribution in [2.75, 3.05) is 26.2 Å². The van der Waals surface area contributed by atoms with Crippen molar-refractivity contribution in [1.29, 1.82) is 0 Å². The van der Waals surface area contributed by atoms with E-state index < -0.39 is 0 Å². The molecule has 4 nitrogen and oxygen atoms in total. The largest absolute Gasteiger partial charge is 0.378 e. The number of nitrogens with zero attached hydrogens (tertiary/aromatic N) is 1. The molecule has 2 heterocycles. The molecular weight excluding hydrogens is 320 g/mol. The molecule has 24 heavy (non-hydrogen) atoms. The van der Waals surface area contributed by atoms with E-state index in [4.69, 9.17) is 4.74 Å². The highest BCUT2D eigenvalue weighted by atomic mass is 32.1. The second-order valence-corrected chi connectivity index (χ2v) is 8.00. The molecule has 1 atom stereocenters. The van der Waals surface area contributed by atoms with Crippen LogP contribution in [0.4, 0.5) is 0 Å². The van der Waals surface area contributed by atoms with Crippen molar-refractivity contribution in [2.24, 2.45) is 5.92 Å². The highest BCUT2D eigenvalue weighted by Gasteiger charge is 2.21. The van der Waals surface area contributed by atoms with Gasteiger partial charge in [-0.1, -0.05) is 37.3 Å². The van der Waals surface area contributed by atoms with E-state index in [1.54, 1.807) is 0 Å². The Morgan fingerprint density at radius 2 is 2.17 bits per heavy atom. The van der Waals surface area contributed by atoms with Crippen LogP contribution < -0.4 is 4.87 Å². The Labute approximate surface area is 147 Å². The normalized spacial score (nSPS) is 18.2. The molecule has 5 heteroatoms. The van der Waals surface area contributed by atoms with Crippen LogP contribution in [0.25, 0.3) is 10.2 Å². The minimum absolute atomic E-state index is 0.0410. The molecule has 0 amide bonds. The van der Waals surface area contributed by atoms with Crippen molar-refractivity contribution in [1.82, 2.24) is 9.88 Å². The predicted octanol–water partition coefficient (Wildman–Crippen LogP) is 3.66. The second-order valence-electron chi connectivity index (χ2n) is 6.98. The van der Waals surface area contributed by atoms with Crippen LogP contribution >= 0.6 is 11.3 Å². The van der Waals surface area contributed by atoms with E-state index in [1.165, 1.54) is 16.9 Å². The molecule has 0 saturated carbocycles. The van der Waals surface area contributed by atoms with Gasteiger partial charge >= 0.3 is 4.87 Å². The topological polar surface area (TPSA) is 45.3 Å². The molecule has 1 aliphatic heterocycles. The zero-order valence-electron chi connectivity index (χ0n) is 14.7. The standard InChI is InChI=1S/C19H28N2O2S/c1-3-11-23-16-7-9-21(10-8-16)13-14(2)12-15-5-4-6-17-18(15)20-19(22)24-17/h4-6,14,16H,3,7-13H2,1-2H3,(H,20,22)/t14-/m1/s1. The lowest BCUT2D eigenvalue weighted by Gasteiger charge is -2.33. The van der Waals surface area contributed by atoms with Gasteiger partial charge in [-0.25, -0.2) is 0 Å². The minimum atomic E-state index is 0.0410. The Bertz CT molecular complexity index is 701. The second kappa shape index (κ2) is 8.28. The molecular formula is C19H28N2O2S. The molecule has 1 aliphatic rings. The predicted molar refractivity (Wildman–Crippen MR) is 101 cm³/mol. The number of rotatable bonds is 7. The average molecular weight is 349 g/mol. The Balaban J connectivity index is 1.52. The fraction of sp³-hybridized carbons (Fsp3) is 0.632. The zero-order chi connectivity index (χ0) is 16.9. The molecule has 0 aliphatic carbocycles. The van der Waals surface area contributed by atoms with Crippen LogP contribution in [-0.2, 0) is 11.2 Å². The fourth-order valence-electron chi connectivity index (χ4n) is 3.62. The van der Waals surface area contributed by atoms with Crippen LogP contribution in [0.2, 0.25) is 0 Å². The lowest BCUT2D eigenvalue weighted by atomic mass is 9.98. The van der Waals surface area contributed by atoms with Gasteiger partial charge in [0.2, 0.25) is 0 Å². The summed E-state index contributed by atoms with van der Waals surface area (Å²) in [6, 6.07) is 6.23. The summed E-state index contributed by atoms with van der Waals surface area (Å²) in [6.07, 6.45) is 4.88. The Morgan fingerprint density at radius 1 is 1.38 bits per heavy atom. The van der Waals surface area contributed by atoms with E-state index in [0.717, 1.165) is 62.1 Å². The van der Waals surface area contributed by atoms with Crippen molar-refractivity contribution >= 4 is 21.6 Å². The fourth-order valence-corrected chi connectivity index (χ4v) is 4.41. The summed E-state index contributed by atoms with van der Waals surface area (Å²) in [5.41, 5.74) is 2.30. The summed E-state index contributed by atoms with van der Waals surface area (Å²) >= 11 is 1.30. The van der Waals surface area contributed by atoms with Gasteiger partial charge in [0.15, 0.2) is 0 Å². The summed E-state index contributed by atoms with van der Waals surface area (Å²) in [5.74, 6) is 0.576. The number of aromatic amines is 1. The van der Waals surface area contributed by atoms with Gasteiger partial charge in [-0.15, -0.1) is 0 Å². The third kappa shape index (κ3) is 4.47. The number of H-pyrrole nitrogens is 1. The van der Waals surface area contributed by atoms with Gasteiger partial charge in [-0.05, 0) is 43.2 Å². The molecule has 1 aromatic heterocycles. The number of ether oxygens (including phenoxy) is 1. The maximum atomic E-state index is 11.6. The summed E-state index contributed by atoms with van der Waals surface area (Å²) in [4.78, 5) is 17.2. The number of nitrogens with one attached hydrogen (secondary N) is 1. The van der Waals surface area contributed by atoms with E-state index in [1.807, 2.05) is 6.07 Å². The average Bonchev–Trinajstić information content (AvgIpc) is 2.95. The van der Waals surface area contributed by atoms with Crippen LogP contribution in [0.3, 0.4) is 0 Å². The molecule has 0 spiro atoms. The summed E-state index contributed by atoms with van der Waals surface area (Å²) in [6.45, 7) is 8.76. The number of piperidine rings is 1. The SMILES string of the molecule is CCCOC1CCN(C[C@H](C)Cc2cccc3sc(=O)[nH]c23)CC1. The maximum Gasteiger partial charge on any atom is 0.305 e. The van der Waals surface area contributed by atoms with E-state index in [9.17, 15) is 4.79 Å². The number of aromatic nitrogens is 1. The smallest absolute Gasteiger partial charge is 0.305 e. The molecule has 1 saturated heterocycles. The molecule has 3 rings (SSSR count). The first kappa shape index (κ1) is 17.6. The first-order valence-corrected chi connectivity index (χ1v) is 9.92. The number of fused-ring (bicyclic) bond motifs is 1. The van der Waals surface area contributed by atoms with Crippen molar-refractivity contribution in [3.8, 4) is 0 Å². The van der Waals surface area contributed by atoms with Crippen LogP contribution in [0.15, 0.2) is 23.0 Å². The number of benzene rings is 1. The quantitative estimate of drug-likeness (QED) is 0.830. The third-order valence-corrected chi connectivity index (χ3v) is 5.62. The molecule has 1 fully saturated rings. The summed E-state index contributed by atoms with van der Waals surface area (Å²) in [5, 5.41) is 0. The number of hydrogen-bond acceptors (Lipinski definition) is 4. The number of thiazole rings is 1. The molecule has 2 aromatic rings. The van der Waals surface area contributed by atoms with Crippen LogP contribution in [0.1, 0.15) is 38.7 Å². The molecule has 1 N–H and O–H groups in total. The maximum absolute atomic E-state index is 11.6. The van der Waals surface area contributed by atoms with Gasteiger partial charge in [0.05, 0.1) is 16.3 Å². The van der Waals surface area contributed by atoms with Gasteiger partial charge < -0.3 is 14.6 Å². The van der Waals surface area contributed by atoms with Gasteiger partial charge in [-0.3, -0.25) is 4.79 Å². The van der Waals surface area contributed by atoms with E-state index >= 15 is 0 Å². The molecule has 0 unspecified atom stereocenters. The highest BCUT2D eigenvalue weighted by molar-refractivity contribution is 7.16. The van der Waals surface area contributed by atoms with Crippen molar-refractivity contribution in [3.63, 3.8) is 0 Å². The van der Waals surface area contributed by atoms with Crippen molar-refractivity contribution in [3.05, 3.63) is 33.4 Å². The van der Waals surface area contributed by atoms with Gasteiger partial charge in [0.25, 0.3) is 0 Å². The first-order valence-electron chi connectivity index (χ1n) is 9.10. The number of para-hydroxylation sites is 1. The van der Waals surface area contributed by atoms with Gasteiger partial charge in [0.1, 0.15) is 0 Å². The lowest BCUT2D eigenvalue weighted by Crippen LogP contribution is -2.39. The van der Waals surface area contributed by atoms with Crippen LogP contribution in [0.5, 0.6) is 0 Å². The molecule has 0 bridgehead atoms. The lowest BCUT2D eigenvalue weighted by molar-refractivity contribution is 0.00544. The highest BCUT2D eigenvalue weighted by Crippen LogP contribution is 2.22. The molecule has 1 aromatic carbocycles. The Kier molecular flexibility index (Phi) is 6.09. The van der Waals surface area contributed by atoms with Gasteiger partial charge in [0, 0.05) is 26.2 Å². The van der Waals surface area contributed by atoms with Crippen LogP contribution in [-0.4, -0.2) is 42.2 Å². The van der Waals surface area contributed by atoms with Crippen molar-refractivity contribution in [2.45, 2.75) is 45.6 Å². The first-order chi connectivity index (χ1) is 11.7. The Morgan fingerprint density at radius 3 is 2.92 bits per heavy atom.